The highest BCUT2D eigenvalue weighted by molar-refractivity contribution is 7.86. The molecule has 0 aromatic heterocycles. The summed E-state index contributed by atoms with van der Waals surface area (Å²) in [6.45, 7) is 10.1. The Labute approximate surface area is 118 Å². The Hall–Kier alpha value is -0.170. The third-order valence-electron chi connectivity index (χ3n) is 3.62. The summed E-state index contributed by atoms with van der Waals surface area (Å²) >= 11 is 0. The van der Waals surface area contributed by atoms with Crippen LogP contribution in [0, 0.1) is 5.41 Å². The summed E-state index contributed by atoms with van der Waals surface area (Å²) in [5, 5.41) is 3.29. The molecular formula is C13H29N3O2S. The number of rotatable bonds is 8. The van der Waals surface area contributed by atoms with E-state index in [-0.39, 0.29) is 5.41 Å². The summed E-state index contributed by atoms with van der Waals surface area (Å²) in [5.74, 6) is 0. The Balaban J connectivity index is 2.40. The molecule has 0 amide bonds. The lowest BCUT2D eigenvalue weighted by Gasteiger charge is -2.25. The van der Waals surface area contributed by atoms with Gasteiger partial charge in [-0.1, -0.05) is 20.8 Å². The van der Waals surface area contributed by atoms with E-state index in [1.807, 2.05) is 0 Å². The fourth-order valence-corrected chi connectivity index (χ4v) is 3.89. The Morgan fingerprint density at radius 2 is 2.00 bits per heavy atom. The third-order valence-corrected chi connectivity index (χ3v) is 5.55. The van der Waals surface area contributed by atoms with Crippen molar-refractivity contribution in [3.05, 3.63) is 0 Å². The predicted octanol–water partition coefficient (Wildman–Crippen LogP) is 1.28. The molecule has 0 aromatic carbocycles. The van der Waals surface area contributed by atoms with Gasteiger partial charge in [-0.3, -0.25) is 0 Å². The van der Waals surface area contributed by atoms with Crippen LogP contribution in [-0.4, -0.2) is 56.8 Å². The fraction of sp³-hybridized carbons (Fsp3) is 1.00. The molecular weight excluding hydrogens is 262 g/mol. The summed E-state index contributed by atoms with van der Waals surface area (Å²) in [6.07, 6.45) is 2.90. The highest BCUT2D eigenvalue weighted by Gasteiger charge is 2.37. The number of nitrogens with zero attached hydrogens (tertiary/aromatic N) is 2. The standard InChI is InChI=1S/C13H29N3O2S/c1-5-8-14-9-6-10-15(4)19(17,18)16-11-7-13(2,3)12-16/h14H,5-12H2,1-4H3. The van der Waals surface area contributed by atoms with E-state index in [2.05, 4.69) is 26.1 Å². The summed E-state index contributed by atoms with van der Waals surface area (Å²) in [5.41, 5.74) is 0.108. The van der Waals surface area contributed by atoms with Gasteiger partial charge in [-0.05, 0) is 37.8 Å². The molecule has 1 N–H and O–H groups in total. The van der Waals surface area contributed by atoms with Crippen molar-refractivity contribution in [3.8, 4) is 0 Å². The normalized spacial score (nSPS) is 20.3. The van der Waals surface area contributed by atoms with E-state index in [0.717, 1.165) is 32.4 Å². The minimum Gasteiger partial charge on any atom is -0.317 e. The van der Waals surface area contributed by atoms with Crippen molar-refractivity contribution in [2.75, 3.05) is 39.8 Å². The van der Waals surface area contributed by atoms with Crippen molar-refractivity contribution < 1.29 is 8.42 Å². The molecule has 1 aliphatic rings. The summed E-state index contributed by atoms with van der Waals surface area (Å²) in [7, 11) is -1.58. The molecule has 0 unspecified atom stereocenters. The van der Waals surface area contributed by atoms with Crippen LogP contribution < -0.4 is 5.32 Å². The van der Waals surface area contributed by atoms with Gasteiger partial charge in [0.15, 0.2) is 0 Å². The molecule has 1 aliphatic heterocycles. The van der Waals surface area contributed by atoms with E-state index in [0.29, 0.717) is 19.6 Å². The van der Waals surface area contributed by atoms with Crippen LogP contribution in [0.2, 0.25) is 0 Å². The van der Waals surface area contributed by atoms with Gasteiger partial charge in [0.2, 0.25) is 0 Å². The van der Waals surface area contributed by atoms with E-state index < -0.39 is 10.2 Å². The maximum absolute atomic E-state index is 12.4. The smallest absolute Gasteiger partial charge is 0.281 e. The van der Waals surface area contributed by atoms with Crippen LogP contribution >= 0.6 is 0 Å². The van der Waals surface area contributed by atoms with Gasteiger partial charge in [0, 0.05) is 26.7 Å². The van der Waals surface area contributed by atoms with Gasteiger partial charge < -0.3 is 5.32 Å². The quantitative estimate of drug-likeness (QED) is 0.686. The first-order valence-corrected chi connectivity index (χ1v) is 8.61. The second-order valence-electron chi connectivity index (χ2n) is 6.18. The third kappa shape index (κ3) is 5.02. The van der Waals surface area contributed by atoms with E-state index >= 15 is 0 Å². The molecule has 19 heavy (non-hydrogen) atoms. The average molecular weight is 291 g/mol. The van der Waals surface area contributed by atoms with E-state index in [4.69, 9.17) is 0 Å². The molecule has 0 aliphatic carbocycles. The molecule has 1 saturated heterocycles. The maximum atomic E-state index is 12.4. The Bertz CT molecular complexity index is 368. The average Bonchev–Trinajstić information content (AvgIpc) is 2.69. The van der Waals surface area contributed by atoms with E-state index in [1.54, 1.807) is 11.4 Å². The molecule has 114 valence electrons. The van der Waals surface area contributed by atoms with Crippen molar-refractivity contribution in [2.45, 2.75) is 40.0 Å². The molecule has 0 radical (unpaired) electrons. The first kappa shape index (κ1) is 16.9. The van der Waals surface area contributed by atoms with Gasteiger partial charge in [0.05, 0.1) is 0 Å². The van der Waals surface area contributed by atoms with Crippen molar-refractivity contribution in [3.63, 3.8) is 0 Å². The Morgan fingerprint density at radius 3 is 2.53 bits per heavy atom. The van der Waals surface area contributed by atoms with Crippen molar-refractivity contribution in [2.24, 2.45) is 5.41 Å². The molecule has 0 bridgehead atoms. The number of nitrogens with one attached hydrogen (secondary N) is 1. The summed E-state index contributed by atoms with van der Waals surface area (Å²) < 4.78 is 27.8. The Morgan fingerprint density at radius 1 is 1.32 bits per heavy atom. The first-order chi connectivity index (χ1) is 8.79. The summed E-state index contributed by atoms with van der Waals surface area (Å²) in [6, 6.07) is 0. The van der Waals surface area contributed by atoms with Crippen LogP contribution in [0.4, 0.5) is 0 Å². The van der Waals surface area contributed by atoms with Gasteiger partial charge in [0.1, 0.15) is 0 Å². The van der Waals surface area contributed by atoms with Gasteiger partial charge in [-0.15, -0.1) is 0 Å². The minimum absolute atomic E-state index is 0.108. The lowest BCUT2D eigenvalue weighted by Crippen LogP contribution is -2.42. The van der Waals surface area contributed by atoms with Crippen LogP contribution in [0.15, 0.2) is 0 Å². The van der Waals surface area contributed by atoms with Crippen LogP contribution in [0.3, 0.4) is 0 Å². The molecule has 0 aromatic rings. The lowest BCUT2D eigenvalue weighted by molar-refractivity contribution is 0.350. The lowest BCUT2D eigenvalue weighted by atomic mass is 9.93. The molecule has 0 saturated carbocycles. The van der Waals surface area contributed by atoms with Crippen LogP contribution in [0.1, 0.15) is 40.0 Å². The monoisotopic (exact) mass is 291 g/mol. The second kappa shape index (κ2) is 7.02. The van der Waals surface area contributed by atoms with Crippen molar-refractivity contribution in [1.29, 1.82) is 0 Å². The number of hydrogen-bond acceptors (Lipinski definition) is 3. The zero-order valence-corrected chi connectivity index (χ0v) is 13.6. The molecule has 0 spiro atoms. The van der Waals surface area contributed by atoms with Gasteiger partial charge in [0.25, 0.3) is 10.2 Å². The topological polar surface area (TPSA) is 52.7 Å². The summed E-state index contributed by atoms with van der Waals surface area (Å²) in [4.78, 5) is 0. The van der Waals surface area contributed by atoms with Gasteiger partial charge in [-0.2, -0.15) is 17.0 Å². The zero-order chi connectivity index (χ0) is 14.5. The molecule has 0 atom stereocenters. The van der Waals surface area contributed by atoms with Crippen molar-refractivity contribution in [1.82, 2.24) is 13.9 Å². The van der Waals surface area contributed by atoms with E-state index in [9.17, 15) is 8.42 Å². The van der Waals surface area contributed by atoms with Crippen LogP contribution in [0.25, 0.3) is 0 Å². The zero-order valence-electron chi connectivity index (χ0n) is 12.8. The van der Waals surface area contributed by atoms with E-state index in [1.165, 1.54) is 4.31 Å². The SMILES string of the molecule is CCCNCCCN(C)S(=O)(=O)N1CCC(C)(C)C1. The number of hydrogen-bond donors (Lipinski definition) is 1. The second-order valence-corrected chi connectivity index (χ2v) is 8.22. The highest BCUT2D eigenvalue weighted by Crippen LogP contribution is 2.31. The molecule has 6 heteroatoms. The molecule has 5 nitrogen and oxygen atoms in total. The highest BCUT2D eigenvalue weighted by atomic mass is 32.2. The largest absolute Gasteiger partial charge is 0.317 e. The Kier molecular flexibility index (Phi) is 6.23. The van der Waals surface area contributed by atoms with Crippen LogP contribution in [0.5, 0.6) is 0 Å². The molecule has 1 heterocycles. The molecule has 1 rings (SSSR count). The van der Waals surface area contributed by atoms with Gasteiger partial charge in [-0.25, -0.2) is 0 Å². The van der Waals surface area contributed by atoms with Crippen molar-refractivity contribution >= 4 is 10.2 Å². The van der Waals surface area contributed by atoms with Crippen LogP contribution in [-0.2, 0) is 10.2 Å². The first-order valence-electron chi connectivity index (χ1n) is 7.22. The fourth-order valence-electron chi connectivity index (χ4n) is 2.30. The molecule has 1 fully saturated rings. The van der Waals surface area contributed by atoms with Gasteiger partial charge >= 0.3 is 0 Å². The minimum atomic E-state index is -3.26. The maximum Gasteiger partial charge on any atom is 0.281 e. The predicted molar refractivity (Wildman–Crippen MR) is 79.3 cm³/mol.